The first kappa shape index (κ1) is 16.2. The third-order valence-electron chi connectivity index (χ3n) is 3.87. The van der Waals surface area contributed by atoms with Crippen LogP contribution in [0.4, 0.5) is 5.69 Å². The summed E-state index contributed by atoms with van der Waals surface area (Å²) in [5.41, 5.74) is 2.32. The highest BCUT2D eigenvalue weighted by Gasteiger charge is 2.24. The van der Waals surface area contributed by atoms with E-state index in [1.165, 1.54) is 18.5 Å². The Morgan fingerprint density at radius 1 is 1.29 bits per heavy atom. The van der Waals surface area contributed by atoms with Crippen LogP contribution in [0.15, 0.2) is 6.20 Å². The van der Waals surface area contributed by atoms with E-state index in [9.17, 15) is 0 Å². The van der Waals surface area contributed by atoms with Gasteiger partial charge in [-0.05, 0) is 31.2 Å². The normalized spacial score (nSPS) is 15.0. The highest BCUT2D eigenvalue weighted by molar-refractivity contribution is 5.48. The van der Waals surface area contributed by atoms with Crippen molar-refractivity contribution in [2.75, 3.05) is 25.0 Å². The van der Waals surface area contributed by atoms with Gasteiger partial charge in [0, 0.05) is 26.1 Å². The zero-order valence-corrected chi connectivity index (χ0v) is 14.2. The van der Waals surface area contributed by atoms with Gasteiger partial charge < -0.3 is 10.2 Å². The molecule has 0 aromatic carbocycles. The number of nitrogens with zero attached hydrogens (tertiary/aromatic N) is 3. The minimum Gasteiger partial charge on any atom is -0.372 e. The van der Waals surface area contributed by atoms with Crippen molar-refractivity contribution in [3.63, 3.8) is 0 Å². The van der Waals surface area contributed by atoms with Crippen molar-refractivity contribution in [1.29, 1.82) is 0 Å². The summed E-state index contributed by atoms with van der Waals surface area (Å²) in [7, 11) is 2.16. The molecule has 0 radical (unpaired) electrons. The Balaban J connectivity index is 2.11. The second-order valence-corrected chi connectivity index (χ2v) is 7.06. The lowest BCUT2D eigenvalue weighted by molar-refractivity contribution is 0.545. The lowest BCUT2D eigenvalue weighted by Gasteiger charge is -2.22. The van der Waals surface area contributed by atoms with Gasteiger partial charge in [-0.1, -0.05) is 27.7 Å². The minimum atomic E-state index is 0.372. The molecule has 118 valence electrons. The summed E-state index contributed by atoms with van der Waals surface area (Å²) >= 11 is 0. The van der Waals surface area contributed by atoms with Gasteiger partial charge in [-0.2, -0.15) is 0 Å². The van der Waals surface area contributed by atoms with Crippen LogP contribution in [0.2, 0.25) is 0 Å². The Kier molecular flexibility index (Phi) is 5.57. The number of anilines is 1. The van der Waals surface area contributed by atoms with Crippen LogP contribution in [0.3, 0.4) is 0 Å². The molecule has 0 spiro atoms. The van der Waals surface area contributed by atoms with Crippen molar-refractivity contribution in [3.05, 3.63) is 17.7 Å². The third kappa shape index (κ3) is 4.95. The summed E-state index contributed by atoms with van der Waals surface area (Å²) < 4.78 is 0. The molecule has 1 aliphatic carbocycles. The van der Waals surface area contributed by atoms with Gasteiger partial charge in [-0.25, -0.2) is 9.97 Å². The fraction of sp³-hybridized carbons (Fsp3) is 0.765. The molecule has 0 unspecified atom stereocenters. The van der Waals surface area contributed by atoms with Crippen LogP contribution in [0.1, 0.15) is 58.0 Å². The fourth-order valence-electron chi connectivity index (χ4n) is 2.42. The first-order chi connectivity index (χ1) is 9.97. The SMILES string of the molecule is CC(C)CNCc1nc(C(C)C)ncc1N(C)CC1CC1. The zero-order chi connectivity index (χ0) is 15.4. The summed E-state index contributed by atoms with van der Waals surface area (Å²) in [6.45, 7) is 11.7. The van der Waals surface area contributed by atoms with Crippen LogP contribution in [0.5, 0.6) is 0 Å². The molecular weight excluding hydrogens is 260 g/mol. The molecule has 0 aliphatic heterocycles. The highest BCUT2D eigenvalue weighted by Crippen LogP contribution is 2.31. The quantitative estimate of drug-likeness (QED) is 0.798. The standard InChI is InChI=1S/C17H30N4/c1-12(2)8-18-9-15-16(21(5)11-14-6-7-14)10-19-17(20-15)13(3)4/h10,12-14,18H,6-9,11H2,1-5H3. The Morgan fingerprint density at radius 2 is 2.00 bits per heavy atom. The maximum Gasteiger partial charge on any atom is 0.131 e. The molecule has 1 heterocycles. The van der Waals surface area contributed by atoms with Gasteiger partial charge in [-0.15, -0.1) is 0 Å². The highest BCUT2D eigenvalue weighted by atomic mass is 15.1. The molecule has 0 amide bonds. The monoisotopic (exact) mass is 290 g/mol. The predicted molar refractivity (Wildman–Crippen MR) is 88.7 cm³/mol. The number of rotatable bonds is 8. The van der Waals surface area contributed by atoms with E-state index in [0.717, 1.165) is 37.1 Å². The molecule has 1 aromatic heterocycles. The van der Waals surface area contributed by atoms with E-state index in [1.807, 2.05) is 6.20 Å². The van der Waals surface area contributed by atoms with E-state index >= 15 is 0 Å². The summed E-state index contributed by atoms with van der Waals surface area (Å²) in [5.74, 6) is 2.84. The van der Waals surface area contributed by atoms with Gasteiger partial charge in [-0.3, -0.25) is 0 Å². The molecule has 1 N–H and O–H groups in total. The molecule has 1 saturated carbocycles. The van der Waals surface area contributed by atoms with Crippen LogP contribution in [-0.2, 0) is 6.54 Å². The third-order valence-corrected chi connectivity index (χ3v) is 3.87. The van der Waals surface area contributed by atoms with Crippen LogP contribution in [-0.4, -0.2) is 30.1 Å². The number of hydrogen-bond donors (Lipinski definition) is 1. The smallest absolute Gasteiger partial charge is 0.131 e. The zero-order valence-electron chi connectivity index (χ0n) is 14.2. The average molecular weight is 290 g/mol. The van der Waals surface area contributed by atoms with Crippen molar-refractivity contribution in [2.45, 2.75) is 53.0 Å². The minimum absolute atomic E-state index is 0.372. The van der Waals surface area contributed by atoms with Crippen LogP contribution < -0.4 is 10.2 Å². The molecule has 4 heteroatoms. The Morgan fingerprint density at radius 3 is 2.57 bits per heavy atom. The second-order valence-electron chi connectivity index (χ2n) is 7.06. The molecule has 1 aromatic rings. The van der Waals surface area contributed by atoms with Crippen molar-refractivity contribution in [1.82, 2.24) is 15.3 Å². The van der Waals surface area contributed by atoms with Crippen molar-refractivity contribution in [2.24, 2.45) is 11.8 Å². The summed E-state index contributed by atoms with van der Waals surface area (Å²) in [4.78, 5) is 11.7. The van der Waals surface area contributed by atoms with E-state index in [0.29, 0.717) is 11.8 Å². The van der Waals surface area contributed by atoms with E-state index in [1.54, 1.807) is 0 Å². The van der Waals surface area contributed by atoms with Gasteiger partial charge in [0.2, 0.25) is 0 Å². The summed E-state index contributed by atoms with van der Waals surface area (Å²) in [5, 5.41) is 3.51. The molecule has 4 nitrogen and oxygen atoms in total. The fourth-order valence-corrected chi connectivity index (χ4v) is 2.42. The maximum absolute atomic E-state index is 4.80. The molecule has 1 aliphatic rings. The molecule has 0 atom stereocenters. The van der Waals surface area contributed by atoms with Crippen molar-refractivity contribution in [3.8, 4) is 0 Å². The molecule has 1 fully saturated rings. The number of hydrogen-bond acceptors (Lipinski definition) is 4. The van der Waals surface area contributed by atoms with E-state index in [2.05, 4.69) is 49.9 Å². The van der Waals surface area contributed by atoms with Crippen molar-refractivity contribution < 1.29 is 0 Å². The second kappa shape index (κ2) is 7.21. The molecule has 0 bridgehead atoms. The summed E-state index contributed by atoms with van der Waals surface area (Å²) in [6.07, 6.45) is 4.75. The number of nitrogens with one attached hydrogen (secondary N) is 1. The van der Waals surface area contributed by atoms with E-state index in [-0.39, 0.29) is 0 Å². The van der Waals surface area contributed by atoms with Gasteiger partial charge >= 0.3 is 0 Å². The van der Waals surface area contributed by atoms with E-state index < -0.39 is 0 Å². The largest absolute Gasteiger partial charge is 0.372 e. The maximum atomic E-state index is 4.80. The van der Waals surface area contributed by atoms with Gasteiger partial charge in [0.15, 0.2) is 0 Å². The molecule has 0 saturated heterocycles. The van der Waals surface area contributed by atoms with Gasteiger partial charge in [0.25, 0.3) is 0 Å². The lowest BCUT2D eigenvalue weighted by atomic mass is 10.2. The number of aromatic nitrogens is 2. The predicted octanol–water partition coefficient (Wildman–Crippen LogP) is 3.19. The molecule has 2 rings (SSSR count). The van der Waals surface area contributed by atoms with Crippen LogP contribution in [0.25, 0.3) is 0 Å². The van der Waals surface area contributed by atoms with Gasteiger partial charge in [0.05, 0.1) is 17.6 Å². The van der Waals surface area contributed by atoms with Gasteiger partial charge in [0.1, 0.15) is 5.82 Å². The first-order valence-electron chi connectivity index (χ1n) is 8.25. The average Bonchev–Trinajstić information content (AvgIpc) is 3.21. The Labute approximate surface area is 129 Å². The molecular formula is C17H30N4. The van der Waals surface area contributed by atoms with E-state index in [4.69, 9.17) is 4.98 Å². The first-order valence-corrected chi connectivity index (χ1v) is 8.25. The summed E-state index contributed by atoms with van der Waals surface area (Å²) in [6, 6.07) is 0. The topological polar surface area (TPSA) is 41.1 Å². The Hall–Kier alpha value is -1.16. The van der Waals surface area contributed by atoms with Crippen LogP contribution in [0, 0.1) is 11.8 Å². The lowest BCUT2D eigenvalue weighted by Crippen LogP contribution is -2.26. The molecule has 21 heavy (non-hydrogen) atoms. The van der Waals surface area contributed by atoms with Crippen molar-refractivity contribution >= 4 is 5.69 Å². The van der Waals surface area contributed by atoms with Crippen LogP contribution >= 0.6 is 0 Å². The Bertz CT molecular complexity index is 452.